The van der Waals surface area contributed by atoms with Gasteiger partial charge in [0.05, 0.1) is 6.04 Å². The molecule has 2 aromatic rings. The van der Waals surface area contributed by atoms with Gasteiger partial charge in [-0.3, -0.25) is 9.48 Å². The molecule has 0 saturated heterocycles. The van der Waals surface area contributed by atoms with Gasteiger partial charge in [0.15, 0.2) is 0 Å². The van der Waals surface area contributed by atoms with E-state index in [9.17, 15) is 4.79 Å². The van der Waals surface area contributed by atoms with Gasteiger partial charge in [-0.05, 0) is 49.3 Å². The van der Waals surface area contributed by atoms with E-state index in [0.29, 0.717) is 5.69 Å². The van der Waals surface area contributed by atoms with Gasteiger partial charge in [-0.25, -0.2) is 0 Å². The maximum absolute atomic E-state index is 12.7. The van der Waals surface area contributed by atoms with Gasteiger partial charge in [-0.2, -0.15) is 5.10 Å². The Labute approximate surface area is 137 Å². The number of benzene rings is 1. The molecule has 0 fully saturated rings. The van der Waals surface area contributed by atoms with Crippen LogP contribution in [0.3, 0.4) is 0 Å². The molecular formula is C19H25N3O. The molecule has 0 saturated carbocycles. The smallest absolute Gasteiger partial charge is 0.272 e. The molecule has 23 heavy (non-hydrogen) atoms. The van der Waals surface area contributed by atoms with E-state index in [-0.39, 0.29) is 23.4 Å². The van der Waals surface area contributed by atoms with Crippen LogP contribution in [0, 0.1) is 5.41 Å². The molecule has 4 nitrogen and oxygen atoms in total. The Bertz CT molecular complexity index is 715. The van der Waals surface area contributed by atoms with E-state index >= 15 is 0 Å². The number of nitrogens with zero attached hydrogens (tertiary/aromatic N) is 2. The van der Waals surface area contributed by atoms with E-state index in [4.69, 9.17) is 0 Å². The molecule has 4 heteroatoms. The summed E-state index contributed by atoms with van der Waals surface area (Å²) < 4.78 is 1.81. The molecule has 122 valence electrons. The minimum absolute atomic E-state index is 0.0177. The lowest BCUT2D eigenvalue weighted by Gasteiger charge is -2.40. The second-order valence-electron chi connectivity index (χ2n) is 7.37. The quantitative estimate of drug-likeness (QED) is 0.934. The molecule has 0 radical (unpaired) electrons. The Kier molecular flexibility index (Phi) is 4.00. The maximum Gasteiger partial charge on any atom is 0.272 e. The van der Waals surface area contributed by atoms with E-state index in [1.165, 1.54) is 11.1 Å². The summed E-state index contributed by atoms with van der Waals surface area (Å²) in [4.78, 5) is 12.7. The third-order valence-corrected chi connectivity index (χ3v) is 4.83. The Morgan fingerprint density at radius 2 is 2.04 bits per heavy atom. The summed E-state index contributed by atoms with van der Waals surface area (Å²) in [5, 5.41) is 7.60. The van der Waals surface area contributed by atoms with Gasteiger partial charge in [0.2, 0.25) is 0 Å². The number of fused-ring (bicyclic) bond motifs is 1. The van der Waals surface area contributed by atoms with E-state index in [0.717, 1.165) is 12.8 Å². The first kappa shape index (κ1) is 15.8. The number of nitrogens with one attached hydrogen (secondary N) is 1. The van der Waals surface area contributed by atoms with Crippen LogP contribution in [-0.4, -0.2) is 15.7 Å². The fourth-order valence-electron chi connectivity index (χ4n) is 3.29. The van der Waals surface area contributed by atoms with Crippen molar-refractivity contribution in [2.24, 2.45) is 5.41 Å². The van der Waals surface area contributed by atoms with Crippen LogP contribution in [0.25, 0.3) is 0 Å². The van der Waals surface area contributed by atoms with Crippen LogP contribution in [0.5, 0.6) is 0 Å². The number of aromatic nitrogens is 2. The van der Waals surface area contributed by atoms with Crippen LogP contribution in [0.2, 0.25) is 0 Å². The average Bonchev–Trinajstić information content (AvgIpc) is 3.00. The van der Waals surface area contributed by atoms with Crippen molar-refractivity contribution in [3.63, 3.8) is 0 Å². The highest BCUT2D eigenvalue weighted by Crippen LogP contribution is 2.43. The van der Waals surface area contributed by atoms with Crippen LogP contribution >= 0.6 is 0 Å². The summed E-state index contributed by atoms with van der Waals surface area (Å²) in [7, 11) is 0. The highest BCUT2D eigenvalue weighted by atomic mass is 16.2. The van der Waals surface area contributed by atoms with Crippen molar-refractivity contribution in [1.82, 2.24) is 15.1 Å². The van der Waals surface area contributed by atoms with E-state index < -0.39 is 0 Å². The zero-order valence-electron chi connectivity index (χ0n) is 14.3. The summed E-state index contributed by atoms with van der Waals surface area (Å²) >= 11 is 0. The molecular weight excluding hydrogens is 286 g/mol. The Morgan fingerprint density at radius 3 is 2.74 bits per heavy atom. The van der Waals surface area contributed by atoms with Gasteiger partial charge in [0.1, 0.15) is 5.69 Å². The molecule has 0 aliphatic heterocycles. The minimum atomic E-state index is -0.0980. The number of aryl methyl sites for hydroxylation is 1. The molecule has 0 bridgehead atoms. The third-order valence-electron chi connectivity index (χ3n) is 4.83. The molecule has 1 atom stereocenters. The van der Waals surface area contributed by atoms with Crippen molar-refractivity contribution in [3.05, 3.63) is 53.3 Å². The van der Waals surface area contributed by atoms with Crippen molar-refractivity contribution in [3.8, 4) is 0 Å². The summed E-state index contributed by atoms with van der Waals surface area (Å²) in [6, 6.07) is 10.5. The molecule has 1 aromatic carbocycles. The van der Waals surface area contributed by atoms with Crippen molar-refractivity contribution < 1.29 is 4.79 Å². The highest BCUT2D eigenvalue weighted by Gasteiger charge is 2.37. The van der Waals surface area contributed by atoms with Gasteiger partial charge in [-0.15, -0.1) is 0 Å². The Hall–Kier alpha value is -2.10. The second-order valence-corrected chi connectivity index (χ2v) is 7.37. The lowest BCUT2D eigenvalue weighted by molar-refractivity contribution is 0.0874. The van der Waals surface area contributed by atoms with Crippen molar-refractivity contribution in [1.29, 1.82) is 0 Å². The first-order valence-corrected chi connectivity index (χ1v) is 8.32. The predicted molar refractivity (Wildman–Crippen MR) is 91.4 cm³/mol. The zero-order chi connectivity index (χ0) is 16.6. The number of carbonyl (C=O) groups excluding carboxylic acids is 1. The minimum Gasteiger partial charge on any atom is -0.343 e. The third kappa shape index (κ3) is 3.03. The number of hydrogen-bond acceptors (Lipinski definition) is 2. The molecule has 3 rings (SSSR count). The Morgan fingerprint density at radius 1 is 1.30 bits per heavy atom. The monoisotopic (exact) mass is 311 g/mol. The normalized spacial score (nSPS) is 19.4. The van der Waals surface area contributed by atoms with Crippen LogP contribution in [0.15, 0.2) is 36.5 Å². The molecule has 1 aliphatic carbocycles. The van der Waals surface area contributed by atoms with Crippen LogP contribution in [0.1, 0.15) is 67.8 Å². The van der Waals surface area contributed by atoms with E-state index in [2.05, 4.69) is 56.3 Å². The van der Waals surface area contributed by atoms with Gasteiger partial charge >= 0.3 is 0 Å². The topological polar surface area (TPSA) is 46.9 Å². The summed E-state index contributed by atoms with van der Waals surface area (Å²) in [6.45, 7) is 8.55. The summed E-state index contributed by atoms with van der Waals surface area (Å²) in [6.07, 6.45) is 3.99. The molecule has 0 spiro atoms. The lowest BCUT2D eigenvalue weighted by Crippen LogP contribution is -2.41. The fourth-order valence-corrected chi connectivity index (χ4v) is 3.29. The first-order valence-electron chi connectivity index (χ1n) is 8.32. The van der Waals surface area contributed by atoms with Crippen LogP contribution < -0.4 is 5.32 Å². The number of hydrogen-bond donors (Lipinski definition) is 1. The molecule has 1 aromatic heterocycles. The molecule has 1 aliphatic rings. The SMILES string of the molecule is CC(C)n1ccc(C(=O)N[C@@H]2c3ccccc3CCC2(C)C)n1. The largest absolute Gasteiger partial charge is 0.343 e. The average molecular weight is 311 g/mol. The highest BCUT2D eigenvalue weighted by molar-refractivity contribution is 5.92. The van der Waals surface area contributed by atoms with E-state index in [1.54, 1.807) is 6.07 Å². The molecule has 1 heterocycles. The van der Waals surface area contributed by atoms with Crippen molar-refractivity contribution in [2.45, 2.75) is 52.6 Å². The van der Waals surface area contributed by atoms with Crippen LogP contribution in [0.4, 0.5) is 0 Å². The lowest BCUT2D eigenvalue weighted by atomic mass is 9.70. The number of carbonyl (C=O) groups is 1. The molecule has 1 amide bonds. The standard InChI is InChI=1S/C19H25N3O/c1-13(2)22-12-10-16(21-22)18(23)20-17-15-8-6-5-7-14(15)9-11-19(17,3)4/h5-8,10,12-13,17H,9,11H2,1-4H3,(H,20,23)/t17-/m1/s1. The van der Waals surface area contributed by atoms with Crippen LogP contribution in [-0.2, 0) is 6.42 Å². The number of amides is 1. The van der Waals surface area contributed by atoms with Crippen molar-refractivity contribution >= 4 is 5.91 Å². The number of rotatable bonds is 3. The van der Waals surface area contributed by atoms with Crippen molar-refractivity contribution in [2.75, 3.05) is 0 Å². The predicted octanol–water partition coefficient (Wildman–Crippen LogP) is 3.91. The molecule has 0 unspecified atom stereocenters. The second kappa shape index (κ2) is 5.84. The van der Waals surface area contributed by atoms with E-state index in [1.807, 2.05) is 16.9 Å². The summed E-state index contributed by atoms with van der Waals surface area (Å²) in [5.74, 6) is -0.0980. The Balaban J connectivity index is 1.86. The van der Waals surface area contributed by atoms with Gasteiger partial charge in [0, 0.05) is 12.2 Å². The fraction of sp³-hybridized carbons (Fsp3) is 0.474. The van der Waals surface area contributed by atoms with Gasteiger partial charge in [-0.1, -0.05) is 38.1 Å². The maximum atomic E-state index is 12.7. The van der Waals surface area contributed by atoms with Gasteiger partial charge < -0.3 is 5.32 Å². The first-order chi connectivity index (χ1) is 10.9. The summed E-state index contributed by atoms with van der Waals surface area (Å²) in [5.41, 5.74) is 3.09. The zero-order valence-corrected chi connectivity index (χ0v) is 14.3. The van der Waals surface area contributed by atoms with Gasteiger partial charge in [0.25, 0.3) is 5.91 Å². The molecule has 1 N–H and O–H groups in total.